The van der Waals surface area contributed by atoms with Crippen LogP contribution in [0.2, 0.25) is 5.15 Å². The zero-order valence-corrected chi connectivity index (χ0v) is 11.9. The van der Waals surface area contributed by atoms with Gasteiger partial charge in [-0.3, -0.25) is 0 Å². The van der Waals surface area contributed by atoms with Crippen LogP contribution in [0.15, 0.2) is 12.3 Å². The summed E-state index contributed by atoms with van der Waals surface area (Å²) in [6, 6.07) is 2.04. The Morgan fingerprint density at radius 3 is 2.58 bits per heavy atom. The zero-order chi connectivity index (χ0) is 13.0. The first-order valence-electron chi connectivity index (χ1n) is 7.31. The zero-order valence-electron chi connectivity index (χ0n) is 11.1. The summed E-state index contributed by atoms with van der Waals surface area (Å²) in [7, 11) is 0. The fourth-order valence-electron chi connectivity index (χ4n) is 3.19. The van der Waals surface area contributed by atoms with Crippen molar-refractivity contribution in [1.82, 2.24) is 14.6 Å². The molecule has 0 aliphatic heterocycles. The van der Waals surface area contributed by atoms with Gasteiger partial charge in [0.25, 0.3) is 0 Å². The minimum Gasteiger partial charge on any atom is -0.233 e. The van der Waals surface area contributed by atoms with E-state index in [1.807, 2.05) is 12.3 Å². The van der Waals surface area contributed by atoms with E-state index in [9.17, 15) is 0 Å². The topological polar surface area (TPSA) is 30.2 Å². The van der Waals surface area contributed by atoms with Crippen molar-refractivity contribution in [1.29, 1.82) is 0 Å². The maximum absolute atomic E-state index is 6.39. The Balaban J connectivity index is 1.84. The van der Waals surface area contributed by atoms with Gasteiger partial charge in [-0.05, 0) is 50.0 Å². The fraction of sp³-hybridized carbons (Fsp3) is 0.600. The number of nitrogens with zero attached hydrogens (tertiary/aromatic N) is 3. The van der Waals surface area contributed by atoms with Gasteiger partial charge in [0.1, 0.15) is 5.15 Å². The molecule has 2 fully saturated rings. The summed E-state index contributed by atoms with van der Waals surface area (Å²) in [5.74, 6) is 2.35. The third kappa shape index (κ3) is 1.95. The number of rotatable bonds is 4. The SMILES string of the molecule is CCc1cnn2c(Cl)cc(C(C3CC3)C3CC3)nc12. The molecule has 4 rings (SSSR count). The molecule has 0 aromatic carbocycles. The maximum atomic E-state index is 6.39. The van der Waals surface area contributed by atoms with Crippen LogP contribution in [0.3, 0.4) is 0 Å². The number of hydrogen-bond donors (Lipinski definition) is 0. The van der Waals surface area contributed by atoms with Crippen LogP contribution in [0, 0.1) is 11.8 Å². The molecular weight excluding hydrogens is 258 g/mol. The molecule has 19 heavy (non-hydrogen) atoms. The van der Waals surface area contributed by atoms with Gasteiger partial charge < -0.3 is 0 Å². The molecular formula is C15H18ClN3. The van der Waals surface area contributed by atoms with Crippen molar-refractivity contribution in [3.63, 3.8) is 0 Å². The third-order valence-electron chi connectivity index (χ3n) is 4.50. The van der Waals surface area contributed by atoms with Gasteiger partial charge in [-0.25, -0.2) is 9.50 Å². The minimum absolute atomic E-state index is 0.641. The van der Waals surface area contributed by atoms with E-state index in [-0.39, 0.29) is 0 Å². The monoisotopic (exact) mass is 275 g/mol. The number of hydrogen-bond acceptors (Lipinski definition) is 2. The van der Waals surface area contributed by atoms with Gasteiger partial charge in [-0.2, -0.15) is 5.10 Å². The van der Waals surface area contributed by atoms with E-state index in [4.69, 9.17) is 16.6 Å². The van der Waals surface area contributed by atoms with E-state index in [2.05, 4.69) is 12.0 Å². The Morgan fingerprint density at radius 1 is 1.32 bits per heavy atom. The molecule has 0 amide bonds. The molecule has 2 heterocycles. The average molecular weight is 276 g/mol. The molecule has 2 aliphatic carbocycles. The molecule has 2 aliphatic rings. The summed E-state index contributed by atoms with van der Waals surface area (Å²) in [5, 5.41) is 5.03. The molecule has 0 atom stereocenters. The second kappa shape index (κ2) is 4.20. The van der Waals surface area contributed by atoms with Crippen molar-refractivity contribution in [2.45, 2.75) is 44.9 Å². The quantitative estimate of drug-likeness (QED) is 0.794. The number of aromatic nitrogens is 3. The average Bonchev–Trinajstić information content (AvgIpc) is 3.31. The summed E-state index contributed by atoms with van der Waals surface area (Å²) < 4.78 is 1.76. The van der Waals surface area contributed by atoms with Crippen LogP contribution in [0.25, 0.3) is 5.65 Å². The summed E-state index contributed by atoms with van der Waals surface area (Å²) in [6.45, 7) is 2.14. The molecule has 0 spiro atoms. The van der Waals surface area contributed by atoms with E-state index >= 15 is 0 Å². The third-order valence-corrected chi connectivity index (χ3v) is 4.77. The number of aryl methyl sites for hydroxylation is 1. The molecule has 3 nitrogen and oxygen atoms in total. The summed E-state index contributed by atoms with van der Waals surface area (Å²) in [4.78, 5) is 4.91. The molecule has 0 saturated heterocycles. The first-order valence-corrected chi connectivity index (χ1v) is 7.68. The molecule has 2 saturated carbocycles. The Kier molecular flexibility index (Phi) is 2.59. The van der Waals surface area contributed by atoms with Gasteiger partial charge in [0, 0.05) is 17.2 Å². The van der Waals surface area contributed by atoms with Crippen molar-refractivity contribution >= 4 is 17.2 Å². The lowest BCUT2D eigenvalue weighted by Crippen LogP contribution is -2.08. The summed E-state index contributed by atoms with van der Waals surface area (Å²) >= 11 is 6.39. The Labute approximate surface area is 118 Å². The van der Waals surface area contributed by atoms with Crippen LogP contribution in [0.5, 0.6) is 0 Å². The van der Waals surface area contributed by atoms with Crippen LogP contribution >= 0.6 is 11.6 Å². The number of halogens is 1. The fourth-order valence-corrected chi connectivity index (χ4v) is 3.42. The van der Waals surface area contributed by atoms with E-state index in [1.165, 1.54) is 36.9 Å². The highest BCUT2D eigenvalue weighted by molar-refractivity contribution is 6.29. The van der Waals surface area contributed by atoms with Gasteiger partial charge in [-0.15, -0.1) is 0 Å². The molecule has 0 unspecified atom stereocenters. The highest BCUT2D eigenvalue weighted by atomic mass is 35.5. The molecule has 0 bridgehead atoms. The lowest BCUT2D eigenvalue weighted by molar-refractivity contribution is 0.524. The number of fused-ring (bicyclic) bond motifs is 1. The van der Waals surface area contributed by atoms with Gasteiger partial charge in [0.2, 0.25) is 0 Å². The summed E-state index contributed by atoms with van der Waals surface area (Å²) in [6.07, 6.45) is 8.31. The van der Waals surface area contributed by atoms with E-state index in [0.717, 1.165) is 23.9 Å². The Bertz CT molecular complexity index is 614. The molecule has 100 valence electrons. The van der Waals surface area contributed by atoms with Crippen LogP contribution in [-0.4, -0.2) is 14.6 Å². The van der Waals surface area contributed by atoms with Gasteiger partial charge in [-0.1, -0.05) is 18.5 Å². The molecule has 0 N–H and O–H groups in total. The largest absolute Gasteiger partial charge is 0.233 e. The van der Waals surface area contributed by atoms with Crippen molar-refractivity contribution in [2.75, 3.05) is 0 Å². The highest BCUT2D eigenvalue weighted by Crippen LogP contribution is 2.54. The molecule has 4 heteroatoms. The maximum Gasteiger partial charge on any atom is 0.160 e. The Hall–Kier alpha value is -1.09. The van der Waals surface area contributed by atoms with E-state index in [1.54, 1.807) is 4.52 Å². The van der Waals surface area contributed by atoms with Crippen LogP contribution in [-0.2, 0) is 6.42 Å². The van der Waals surface area contributed by atoms with E-state index < -0.39 is 0 Å². The second-order valence-corrected chi connectivity index (χ2v) is 6.35. The lowest BCUT2D eigenvalue weighted by Gasteiger charge is -2.15. The molecule has 2 aromatic heterocycles. The van der Waals surface area contributed by atoms with Gasteiger partial charge in [0.05, 0.1) is 6.20 Å². The second-order valence-electron chi connectivity index (χ2n) is 5.96. The summed E-state index contributed by atoms with van der Waals surface area (Å²) in [5.41, 5.74) is 3.35. The van der Waals surface area contributed by atoms with Crippen LogP contribution in [0.1, 0.15) is 49.8 Å². The smallest absolute Gasteiger partial charge is 0.160 e. The lowest BCUT2D eigenvalue weighted by atomic mass is 9.94. The van der Waals surface area contributed by atoms with E-state index in [0.29, 0.717) is 11.1 Å². The van der Waals surface area contributed by atoms with Crippen molar-refractivity contribution in [3.05, 3.63) is 28.7 Å². The minimum atomic E-state index is 0.641. The normalized spacial score (nSPS) is 19.5. The molecule has 2 aromatic rings. The highest BCUT2D eigenvalue weighted by Gasteiger charge is 2.43. The predicted octanol–water partition coefficient (Wildman–Crippen LogP) is 3.85. The van der Waals surface area contributed by atoms with Crippen molar-refractivity contribution < 1.29 is 0 Å². The van der Waals surface area contributed by atoms with Gasteiger partial charge >= 0.3 is 0 Å². The van der Waals surface area contributed by atoms with Crippen LogP contribution in [0.4, 0.5) is 0 Å². The first-order chi connectivity index (χ1) is 9.28. The van der Waals surface area contributed by atoms with Crippen molar-refractivity contribution in [3.8, 4) is 0 Å². The first kappa shape index (κ1) is 11.7. The predicted molar refractivity (Wildman–Crippen MR) is 75.6 cm³/mol. The van der Waals surface area contributed by atoms with Crippen LogP contribution < -0.4 is 0 Å². The van der Waals surface area contributed by atoms with Crippen molar-refractivity contribution in [2.24, 2.45) is 11.8 Å². The molecule has 0 radical (unpaired) electrons. The van der Waals surface area contributed by atoms with Gasteiger partial charge in [0.15, 0.2) is 5.65 Å². The Morgan fingerprint density at radius 2 is 2.00 bits per heavy atom. The standard InChI is InChI=1S/C15H18ClN3/c1-2-9-8-17-19-13(16)7-12(18-15(9)19)14(10-3-4-10)11-5-6-11/h7-8,10-11,14H,2-6H2,1H3.